The molecule has 1 fully saturated rings. The van der Waals surface area contributed by atoms with E-state index in [1.54, 1.807) is 0 Å². The van der Waals surface area contributed by atoms with E-state index in [-0.39, 0.29) is 5.91 Å². The molecule has 0 bridgehead atoms. The molecule has 0 atom stereocenters. The van der Waals surface area contributed by atoms with Gasteiger partial charge >= 0.3 is 0 Å². The molecule has 2 heterocycles. The number of nitrogens with one attached hydrogen (secondary N) is 1. The van der Waals surface area contributed by atoms with Gasteiger partial charge < -0.3 is 10.2 Å². The number of hydrogen-bond donors (Lipinski definition) is 1. The highest BCUT2D eigenvalue weighted by molar-refractivity contribution is 5.78. The molecular weight excluding hydrogens is 216 g/mol. The van der Waals surface area contributed by atoms with Crippen LogP contribution in [-0.4, -0.2) is 47.3 Å². The van der Waals surface area contributed by atoms with Crippen molar-refractivity contribution in [2.24, 2.45) is 5.92 Å². The number of aromatic nitrogens is 2. The summed E-state index contributed by atoms with van der Waals surface area (Å²) in [5.74, 6) is 0.860. The Morgan fingerprint density at radius 2 is 2.24 bits per heavy atom. The fourth-order valence-electron chi connectivity index (χ4n) is 2.30. The van der Waals surface area contributed by atoms with Gasteiger partial charge in [0.1, 0.15) is 0 Å². The molecule has 5 heteroatoms. The van der Waals surface area contributed by atoms with Crippen molar-refractivity contribution >= 4 is 5.91 Å². The number of likely N-dealkylation sites (N-methyl/N-ethyl adjacent to an activating group) is 1. The Labute approximate surface area is 102 Å². The van der Waals surface area contributed by atoms with Crippen molar-refractivity contribution in [2.75, 3.05) is 26.7 Å². The number of carbonyl (C=O) groups is 1. The van der Waals surface area contributed by atoms with E-state index in [9.17, 15) is 4.79 Å². The zero-order valence-electron chi connectivity index (χ0n) is 10.3. The Balaban J connectivity index is 1.76. The molecule has 94 valence electrons. The third-order valence-electron chi connectivity index (χ3n) is 3.30. The fraction of sp³-hybridized carbons (Fsp3) is 0.667. The first-order chi connectivity index (χ1) is 8.29. The zero-order chi connectivity index (χ0) is 12.1. The van der Waals surface area contributed by atoms with Gasteiger partial charge in [0.05, 0.1) is 6.54 Å². The summed E-state index contributed by atoms with van der Waals surface area (Å²) in [5.41, 5.74) is 0. The highest BCUT2D eigenvalue weighted by Crippen LogP contribution is 2.18. The Hall–Kier alpha value is -1.36. The molecule has 1 saturated heterocycles. The predicted octanol–water partition coefficient (Wildman–Crippen LogP) is 0.341. The Bertz CT molecular complexity index is 341. The number of nitrogens with zero attached hydrogens (tertiary/aromatic N) is 3. The van der Waals surface area contributed by atoms with Gasteiger partial charge in [0.15, 0.2) is 0 Å². The maximum atomic E-state index is 11.7. The average Bonchev–Trinajstić information content (AvgIpc) is 2.83. The predicted molar refractivity (Wildman–Crippen MR) is 65.5 cm³/mol. The van der Waals surface area contributed by atoms with Crippen molar-refractivity contribution in [2.45, 2.75) is 19.4 Å². The minimum atomic E-state index is 0.213. The van der Waals surface area contributed by atoms with Crippen LogP contribution >= 0.6 is 0 Å². The van der Waals surface area contributed by atoms with Gasteiger partial charge in [-0.1, -0.05) is 0 Å². The summed E-state index contributed by atoms with van der Waals surface area (Å²) in [4.78, 5) is 13.6. The highest BCUT2D eigenvalue weighted by atomic mass is 16.2. The second kappa shape index (κ2) is 5.82. The van der Waals surface area contributed by atoms with Crippen molar-refractivity contribution in [3.8, 4) is 0 Å². The van der Waals surface area contributed by atoms with Gasteiger partial charge in [-0.3, -0.25) is 9.48 Å². The molecule has 1 amide bonds. The first-order valence-electron chi connectivity index (χ1n) is 6.19. The Kier molecular flexibility index (Phi) is 4.14. The number of piperidine rings is 1. The van der Waals surface area contributed by atoms with E-state index in [1.807, 2.05) is 35.1 Å². The summed E-state index contributed by atoms with van der Waals surface area (Å²) in [6.45, 7) is 3.18. The first-order valence-corrected chi connectivity index (χ1v) is 6.19. The van der Waals surface area contributed by atoms with E-state index in [0.29, 0.717) is 12.5 Å². The number of amides is 1. The Morgan fingerprint density at radius 1 is 1.47 bits per heavy atom. The molecule has 0 unspecified atom stereocenters. The summed E-state index contributed by atoms with van der Waals surface area (Å²) < 4.78 is 1.98. The van der Waals surface area contributed by atoms with Crippen LogP contribution in [-0.2, 0) is 11.3 Å². The third-order valence-corrected chi connectivity index (χ3v) is 3.30. The van der Waals surface area contributed by atoms with Crippen molar-refractivity contribution in [3.05, 3.63) is 18.5 Å². The van der Waals surface area contributed by atoms with Crippen LogP contribution in [0.1, 0.15) is 12.8 Å². The molecule has 0 saturated carbocycles. The normalized spacial score (nSPS) is 17.4. The molecule has 0 aliphatic carbocycles. The number of hydrogen-bond acceptors (Lipinski definition) is 3. The standard InChI is InChI=1S/C12H20N4O/c1-13-9-12(17)15-7-3-11(4-8-15)10-16-6-2-5-14-16/h2,5-6,11,13H,3-4,7-10H2,1H3. The van der Waals surface area contributed by atoms with Crippen LogP contribution in [0.4, 0.5) is 0 Å². The summed E-state index contributed by atoms with van der Waals surface area (Å²) in [5, 5.41) is 7.13. The van der Waals surface area contributed by atoms with E-state index in [1.165, 1.54) is 0 Å². The molecule has 17 heavy (non-hydrogen) atoms. The van der Waals surface area contributed by atoms with E-state index < -0.39 is 0 Å². The van der Waals surface area contributed by atoms with Crippen LogP contribution < -0.4 is 5.32 Å². The minimum absolute atomic E-state index is 0.213. The second-order valence-corrected chi connectivity index (χ2v) is 4.58. The lowest BCUT2D eigenvalue weighted by Gasteiger charge is -2.32. The SMILES string of the molecule is CNCC(=O)N1CCC(Cn2cccn2)CC1. The molecule has 0 spiro atoms. The second-order valence-electron chi connectivity index (χ2n) is 4.58. The third kappa shape index (κ3) is 3.30. The summed E-state index contributed by atoms with van der Waals surface area (Å²) in [6, 6.07) is 1.95. The summed E-state index contributed by atoms with van der Waals surface area (Å²) in [6.07, 6.45) is 5.97. The monoisotopic (exact) mass is 236 g/mol. The number of rotatable bonds is 4. The van der Waals surface area contributed by atoms with Gasteiger partial charge in [0, 0.05) is 32.0 Å². The van der Waals surface area contributed by atoms with Gasteiger partial charge in [0.2, 0.25) is 5.91 Å². The quantitative estimate of drug-likeness (QED) is 0.820. The topological polar surface area (TPSA) is 50.2 Å². The van der Waals surface area contributed by atoms with Gasteiger partial charge in [-0.2, -0.15) is 5.10 Å². The van der Waals surface area contributed by atoms with Gasteiger partial charge in [0.25, 0.3) is 0 Å². The van der Waals surface area contributed by atoms with Crippen molar-refractivity contribution < 1.29 is 4.79 Å². The summed E-state index contributed by atoms with van der Waals surface area (Å²) >= 11 is 0. The van der Waals surface area contributed by atoms with Gasteiger partial charge in [-0.25, -0.2) is 0 Å². The molecule has 1 aliphatic heterocycles. The largest absolute Gasteiger partial charge is 0.342 e. The lowest BCUT2D eigenvalue weighted by atomic mass is 9.97. The van der Waals surface area contributed by atoms with Crippen molar-refractivity contribution in [1.82, 2.24) is 20.0 Å². The highest BCUT2D eigenvalue weighted by Gasteiger charge is 2.22. The number of carbonyl (C=O) groups excluding carboxylic acids is 1. The lowest BCUT2D eigenvalue weighted by molar-refractivity contribution is -0.131. The molecule has 1 N–H and O–H groups in total. The molecule has 1 aromatic rings. The number of likely N-dealkylation sites (tertiary alicyclic amines) is 1. The van der Waals surface area contributed by atoms with Crippen LogP contribution in [0.2, 0.25) is 0 Å². The van der Waals surface area contributed by atoms with Gasteiger partial charge in [-0.15, -0.1) is 0 Å². The van der Waals surface area contributed by atoms with Crippen LogP contribution in [0.3, 0.4) is 0 Å². The molecule has 2 rings (SSSR count). The molecule has 0 radical (unpaired) electrons. The van der Waals surface area contributed by atoms with Crippen LogP contribution in [0.15, 0.2) is 18.5 Å². The van der Waals surface area contributed by atoms with E-state index in [0.717, 1.165) is 32.5 Å². The van der Waals surface area contributed by atoms with Crippen molar-refractivity contribution in [3.63, 3.8) is 0 Å². The average molecular weight is 236 g/mol. The van der Waals surface area contributed by atoms with Crippen LogP contribution in [0.25, 0.3) is 0 Å². The Morgan fingerprint density at radius 3 is 2.82 bits per heavy atom. The fourth-order valence-corrected chi connectivity index (χ4v) is 2.30. The molecule has 0 aromatic carbocycles. The smallest absolute Gasteiger partial charge is 0.236 e. The van der Waals surface area contributed by atoms with E-state index >= 15 is 0 Å². The molecular formula is C12H20N4O. The summed E-state index contributed by atoms with van der Waals surface area (Å²) in [7, 11) is 1.81. The molecule has 5 nitrogen and oxygen atoms in total. The van der Waals surface area contributed by atoms with Crippen LogP contribution in [0.5, 0.6) is 0 Å². The molecule has 1 aliphatic rings. The van der Waals surface area contributed by atoms with E-state index in [2.05, 4.69) is 10.4 Å². The first kappa shape index (κ1) is 12.1. The van der Waals surface area contributed by atoms with E-state index in [4.69, 9.17) is 0 Å². The van der Waals surface area contributed by atoms with Gasteiger partial charge in [-0.05, 0) is 31.9 Å². The molecule has 1 aromatic heterocycles. The minimum Gasteiger partial charge on any atom is -0.342 e. The van der Waals surface area contributed by atoms with Crippen LogP contribution in [0, 0.1) is 5.92 Å². The van der Waals surface area contributed by atoms with Crippen molar-refractivity contribution in [1.29, 1.82) is 0 Å². The lowest BCUT2D eigenvalue weighted by Crippen LogP contribution is -2.42. The maximum absolute atomic E-state index is 11.7. The zero-order valence-corrected chi connectivity index (χ0v) is 10.3. The maximum Gasteiger partial charge on any atom is 0.236 e.